The number of halogens is 2. The molecule has 0 saturated carbocycles. The quantitative estimate of drug-likeness (QED) is 0.112. The third kappa shape index (κ3) is 5.40. The van der Waals surface area contributed by atoms with Crippen molar-refractivity contribution in [2.75, 3.05) is 0 Å². The first kappa shape index (κ1) is 26.3. The van der Waals surface area contributed by atoms with Crippen molar-refractivity contribution < 1.29 is 17.6 Å². The molecule has 0 aliphatic rings. The molecule has 0 amide bonds. The molecule has 3 nitrogen and oxygen atoms in total. The van der Waals surface area contributed by atoms with Crippen molar-refractivity contribution in [3.8, 4) is 0 Å². The van der Waals surface area contributed by atoms with Gasteiger partial charge in [-0.05, 0) is 45.8 Å². The molecule has 0 radical (unpaired) electrons. The zero-order chi connectivity index (χ0) is 27.3. The van der Waals surface area contributed by atoms with Gasteiger partial charge in [-0.1, -0.05) is 97.1 Å². The Labute approximate surface area is 246 Å². The molecule has 0 saturated heterocycles. The van der Waals surface area contributed by atoms with Gasteiger partial charge in [-0.15, -0.1) is 0 Å². The first-order chi connectivity index (χ1) is 19.7. The van der Waals surface area contributed by atoms with E-state index in [0.717, 1.165) is 32.9 Å². The molecule has 0 unspecified atom stereocenters. The van der Waals surface area contributed by atoms with Crippen LogP contribution in [0.4, 0.5) is 11.4 Å². The van der Waals surface area contributed by atoms with Crippen molar-refractivity contribution in [2.24, 2.45) is 9.98 Å². The first-order valence-electron chi connectivity index (χ1n) is 12.6. The van der Waals surface area contributed by atoms with E-state index in [4.69, 9.17) is 34.6 Å². The second kappa shape index (κ2) is 12.1. The van der Waals surface area contributed by atoms with Crippen molar-refractivity contribution in [3.63, 3.8) is 0 Å². The van der Waals surface area contributed by atoms with Crippen molar-refractivity contribution in [2.45, 2.75) is 0 Å². The van der Waals surface area contributed by atoms with Gasteiger partial charge in [-0.3, -0.25) is 9.98 Å². The monoisotopic (exact) mass is 600 g/mol. The van der Waals surface area contributed by atoms with E-state index in [1.165, 1.54) is 21.5 Å². The summed E-state index contributed by atoms with van der Waals surface area (Å²) < 4.78 is 6.08. The Bertz CT molecular complexity index is 1780. The van der Waals surface area contributed by atoms with E-state index in [1.54, 1.807) is 12.4 Å². The molecule has 40 heavy (non-hydrogen) atoms. The summed E-state index contributed by atoms with van der Waals surface area (Å²) in [6.45, 7) is 0. The Morgan fingerprint density at radius 3 is 1.10 bits per heavy atom. The molecule has 1 heterocycles. The fraction of sp³-hybridized carbons (Fsp3) is 0. The molecule has 196 valence electrons. The fourth-order valence-electron chi connectivity index (χ4n) is 5.02. The van der Waals surface area contributed by atoms with E-state index in [2.05, 4.69) is 109 Å². The second-order valence-electron chi connectivity index (χ2n) is 9.14. The normalized spacial score (nSPS) is 11.8. The van der Waals surface area contributed by atoms with E-state index in [-0.39, 0.29) is 13.1 Å². The van der Waals surface area contributed by atoms with E-state index in [1.807, 2.05) is 12.1 Å². The Hall–Kier alpha value is -3.92. The van der Waals surface area contributed by atoms with Gasteiger partial charge in [0.1, 0.15) is 11.5 Å². The summed E-state index contributed by atoms with van der Waals surface area (Å²) in [7, 11) is 9.53. The predicted octanol–water partition coefficient (Wildman–Crippen LogP) is 10.8. The van der Waals surface area contributed by atoms with Crippen molar-refractivity contribution in [3.05, 3.63) is 133 Å². The molecular formula is C34H22Cl2FeN2O. The zero-order valence-corrected chi connectivity index (χ0v) is 23.7. The van der Waals surface area contributed by atoms with Gasteiger partial charge in [-0.2, -0.15) is 0 Å². The molecule has 7 aromatic rings. The van der Waals surface area contributed by atoms with E-state index >= 15 is 0 Å². The predicted molar refractivity (Wildman–Crippen MR) is 168 cm³/mol. The first-order valence-corrected chi connectivity index (χ1v) is 15.6. The number of fused-ring (bicyclic) bond motifs is 4. The molecule has 6 heteroatoms. The van der Waals surface area contributed by atoms with Gasteiger partial charge in [0.25, 0.3) is 0 Å². The summed E-state index contributed by atoms with van der Waals surface area (Å²) in [4.78, 5) is 9.77. The number of aliphatic imine (C=N–C) groups is 2. The third-order valence-corrected chi connectivity index (χ3v) is 6.77. The SMILES string of the molecule is C(=Nc1c2ccccc2cc2ccccc12)c1ccc(C=Nc2c3ccccc3cc3ccccc23)o1.[Cl][Fe][Cl]. The summed E-state index contributed by atoms with van der Waals surface area (Å²) in [6.07, 6.45) is 3.58. The minimum atomic E-state index is 0.194. The van der Waals surface area contributed by atoms with Crippen molar-refractivity contribution >= 4 is 87.1 Å². The molecule has 0 N–H and O–H groups in total. The number of benzene rings is 6. The van der Waals surface area contributed by atoms with E-state index in [0.29, 0.717) is 11.5 Å². The molecule has 0 spiro atoms. The number of rotatable bonds is 4. The summed E-state index contributed by atoms with van der Waals surface area (Å²) >= 11 is 0.194. The Balaban J connectivity index is 0.000000925. The van der Waals surface area contributed by atoms with E-state index in [9.17, 15) is 0 Å². The van der Waals surface area contributed by atoms with Crippen LogP contribution in [0.3, 0.4) is 0 Å². The summed E-state index contributed by atoms with van der Waals surface area (Å²) in [5.74, 6) is 1.36. The maximum absolute atomic E-state index is 6.08. The van der Waals surface area contributed by atoms with Crippen LogP contribution in [0.25, 0.3) is 43.1 Å². The molecular weight excluding hydrogens is 579 g/mol. The summed E-state index contributed by atoms with van der Waals surface area (Å²) in [6, 6.07) is 41.7. The van der Waals surface area contributed by atoms with Gasteiger partial charge in [0.15, 0.2) is 0 Å². The van der Waals surface area contributed by atoms with Crippen LogP contribution in [0.2, 0.25) is 0 Å². The van der Waals surface area contributed by atoms with Crippen molar-refractivity contribution in [1.29, 1.82) is 0 Å². The van der Waals surface area contributed by atoms with Crippen LogP contribution in [0.1, 0.15) is 11.5 Å². The molecule has 0 fully saturated rings. The van der Waals surface area contributed by atoms with Gasteiger partial charge < -0.3 is 4.42 Å². The fourth-order valence-corrected chi connectivity index (χ4v) is 5.02. The van der Waals surface area contributed by atoms with Crippen molar-refractivity contribution in [1.82, 2.24) is 0 Å². The summed E-state index contributed by atoms with van der Waals surface area (Å²) in [5.41, 5.74) is 1.89. The summed E-state index contributed by atoms with van der Waals surface area (Å²) in [5, 5.41) is 9.15. The number of nitrogens with zero attached hydrogens (tertiary/aromatic N) is 2. The van der Waals surface area contributed by atoms with Crippen LogP contribution in [-0.4, -0.2) is 12.4 Å². The van der Waals surface area contributed by atoms with Gasteiger partial charge in [0.05, 0.1) is 23.8 Å². The molecule has 6 aromatic carbocycles. The van der Waals surface area contributed by atoms with Crippen LogP contribution in [0, 0.1) is 0 Å². The van der Waals surface area contributed by atoms with Crippen LogP contribution in [0.5, 0.6) is 0 Å². The van der Waals surface area contributed by atoms with Gasteiger partial charge in [0, 0.05) is 21.5 Å². The number of hydrogen-bond donors (Lipinski definition) is 0. The molecule has 0 atom stereocenters. The average Bonchev–Trinajstić information content (AvgIpc) is 3.45. The molecule has 0 bridgehead atoms. The minimum absolute atomic E-state index is 0.194. The molecule has 0 aliphatic heterocycles. The van der Waals surface area contributed by atoms with Gasteiger partial charge in [0.2, 0.25) is 0 Å². The van der Waals surface area contributed by atoms with Crippen LogP contribution >= 0.6 is 20.2 Å². The molecule has 1 aromatic heterocycles. The molecule has 0 aliphatic carbocycles. The molecule has 7 rings (SSSR count). The van der Waals surface area contributed by atoms with E-state index < -0.39 is 0 Å². The Morgan fingerprint density at radius 1 is 0.475 bits per heavy atom. The average molecular weight is 601 g/mol. The maximum atomic E-state index is 6.08. The van der Waals surface area contributed by atoms with Gasteiger partial charge >= 0.3 is 33.3 Å². The third-order valence-electron chi connectivity index (χ3n) is 6.77. The van der Waals surface area contributed by atoms with Crippen LogP contribution in [0.15, 0.2) is 136 Å². The van der Waals surface area contributed by atoms with Crippen LogP contribution < -0.4 is 0 Å². The van der Waals surface area contributed by atoms with Crippen LogP contribution in [-0.2, 0) is 13.1 Å². The zero-order valence-electron chi connectivity index (χ0n) is 21.1. The number of hydrogen-bond acceptors (Lipinski definition) is 3. The Kier molecular flexibility index (Phi) is 7.94. The topological polar surface area (TPSA) is 37.9 Å². The second-order valence-corrected chi connectivity index (χ2v) is 11.0. The standard InChI is InChI=1S/C34H22N2O.2ClH.Fe/c1-5-13-29-23(9-1)19-24-10-2-6-14-30(24)33(29)35-21-27-17-18-28(37-27)22-36-34-31-15-7-3-11-25(31)20-26-12-4-8-16-32(26)34;;;/h1-22H;2*1H;/q;;;+2/p-2. The number of furan rings is 1. The van der Waals surface area contributed by atoms with Gasteiger partial charge in [-0.25, -0.2) is 0 Å². The Morgan fingerprint density at radius 2 is 0.775 bits per heavy atom.